The molecule has 6 rings (SSSR count). The zero-order chi connectivity index (χ0) is 26.6. The Hall–Kier alpha value is -2.56. The molecule has 4 aliphatic heterocycles. The minimum atomic E-state index is -0.685. The second-order valence-electron chi connectivity index (χ2n) is 11.4. The smallest absolute Gasteiger partial charge is 0.338 e. The van der Waals surface area contributed by atoms with Gasteiger partial charge in [0.2, 0.25) is 0 Å². The number of carbonyl (C=O) groups is 2. The minimum Gasteiger partial charge on any atom is -0.459 e. The molecule has 2 bridgehead atoms. The number of carbonyl (C=O) groups excluding carboxylic acids is 2. The van der Waals surface area contributed by atoms with Crippen LogP contribution in [0.15, 0.2) is 35.4 Å². The molecule has 4 heterocycles. The molecule has 9 heteroatoms. The number of morpholine rings is 1. The van der Waals surface area contributed by atoms with Crippen molar-refractivity contribution < 1.29 is 34.0 Å². The molecule has 1 aromatic rings. The molecule has 1 aromatic carbocycles. The summed E-state index contributed by atoms with van der Waals surface area (Å²) < 4.78 is 16.4. The second kappa shape index (κ2) is 10.2. The second-order valence-corrected chi connectivity index (χ2v) is 11.4. The van der Waals surface area contributed by atoms with Crippen LogP contribution >= 0.6 is 0 Å². The molecule has 3 saturated heterocycles. The predicted octanol–water partition coefficient (Wildman–Crippen LogP) is 1.65. The van der Waals surface area contributed by atoms with Gasteiger partial charge in [-0.25, -0.2) is 9.59 Å². The van der Waals surface area contributed by atoms with Crippen molar-refractivity contribution in [3.8, 4) is 0 Å². The number of nitrogens with zero attached hydrogens (tertiary/aromatic N) is 2. The lowest BCUT2D eigenvalue weighted by Gasteiger charge is -2.51. The molecule has 0 aromatic heterocycles. The number of rotatable bonds is 6. The van der Waals surface area contributed by atoms with Crippen molar-refractivity contribution in [3.05, 3.63) is 57.7 Å². The van der Waals surface area contributed by atoms with Crippen LogP contribution in [0.2, 0.25) is 0 Å². The number of hydrogen-bond acceptors (Lipinski definition) is 9. The van der Waals surface area contributed by atoms with Gasteiger partial charge in [-0.2, -0.15) is 0 Å². The van der Waals surface area contributed by atoms with Gasteiger partial charge in [-0.15, -0.1) is 0 Å². The third-order valence-electron chi connectivity index (χ3n) is 8.78. The first-order valence-electron chi connectivity index (χ1n) is 13.6. The van der Waals surface area contributed by atoms with Crippen molar-refractivity contribution >= 4 is 11.9 Å². The fraction of sp³-hybridized carbons (Fsp3) is 0.586. The van der Waals surface area contributed by atoms with E-state index in [0.717, 1.165) is 35.4 Å². The van der Waals surface area contributed by atoms with Crippen LogP contribution in [0.3, 0.4) is 0 Å². The molecular weight excluding hydrogens is 488 g/mol. The molecule has 1 aliphatic carbocycles. The molecule has 3 fully saturated rings. The predicted molar refractivity (Wildman–Crippen MR) is 137 cm³/mol. The van der Waals surface area contributed by atoms with Gasteiger partial charge in [0, 0.05) is 56.2 Å². The number of esters is 2. The number of benzene rings is 1. The van der Waals surface area contributed by atoms with Crippen molar-refractivity contribution in [3.63, 3.8) is 0 Å². The van der Waals surface area contributed by atoms with Crippen LogP contribution in [0.5, 0.6) is 0 Å². The van der Waals surface area contributed by atoms with Crippen LogP contribution in [0, 0.1) is 12.8 Å². The Bertz CT molecular complexity index is 1180. The molecule has 4 unspecified atom stereocenters. The molecule has 0 saturated carbocycles. The molecule has 5 aliphatic rings. The SMILES string of the molecule is Cc1c([C@@H](O)CN2C3COCC2CN(CC(O)C2C=C4C[C@@H](C)OC(=O)C4=CC2)C3)ccc2c1COC2=O. The van der Waals surface area contributed by atoms with Gasteiger partial charge in [0.15, 0.2) is 0 Å². The first-order valence-corrected chi connectivity index (χ1v) is 13.6. The maximum atomic E-state index is 12.2. The fourth-order valence-electron chi connectivity index (χ4n) is 6.75. The monoisotopic (exact) mass is 524 g/mol. The van der Waals surface area contributed by atoms with E-state index >= 15 is 0 Å². The lowest BCUT2D eigenvalue weighted by Crippen LogP contribution is -2.65. The van der Waals surface area contributed by atoms with Crippen LogP contribution < -0.4 is 0 Å². The average Bonchev–Trinajstić information content (AvgIpc) is 3.25. The Morgan fingerprint density at radius 1 is 1.08 bits per heavy atom. The summed E-state index contributed by atoms with van der Waals surface area (Å²) in [6.45, 7) is 7.81. The Balaban J connectivity index is 1.09. The molecule has 0 radical (unpaired) electrons. The Kier molecular flexibility index (Phi) is 6.90. The summed E-state index contributed by atoms with van der Waals surface area (Å²) in [4.78, 5) is 28.7. The zero-order valence-corrected chi connectivity index (χ0v) is 22.0. The highest BCUT2D eigenvalue weighted by Gasteiger charge is 2.40. The first-order chi connectivity index (χ1) is 18.3. The van der Waals surface area contributed by atoms with Crippen molar-refractivity contribution in [1.29, 1.82) is 0 Å². The van der Waals surface area contributed by atoms with E-state index in [1.165, 1.54) is 0 Å². The number of aliphatic hydroxyl groups is 2. The van der Waals surface area contributed by atoms with Gasteiger partial charge < -0.3 is 24.4 Å². The Morgan fingerprint density at radius 2 is 1.84 bits per heavy atom. The molecule has 0 amide bonds. The number of ether oxygens (including phenoxy) is 3. The van der Waals surface area contributed by atoms with Gasteiger partial charge >= 0.3 is 11.9 Å². The molecule has 2 N–H and O–H groups in total. The van der Waals surface area contributed by atoms with Gasteiger partial charge in [-0.05, 0) is 43.0 Å². The van der Waals surface area contributed by atoms with Crippen LogP contribution in [0.25, 0.3) is 0 Å². The number of allylic oxidation sites excluding steroid dienone is 1. The van der Waals surface area contributed by atoms with E-state index in [-0.39, 0.29) is 42.7 Å². The van der Waals surface area contributed by atoms with Gasteiger partial charge in [-0.3, -0.25) is 9.80 Å². The lowest BCUT2D eigenvalue weighted by molar-refractivity contribution is -0.145. The molecule has 0 spiro atoms. The Morgan fingerprint density at radius 3 is 2.61 bits per heavy atom. The van der Waals surface area contributed by atoms with Crippen LogP contribution in [-0.4, -0.2) is 95.6 Å². The van der Waals surface area contributed by atoms with E-state index in [9.17, 15) is 19.8 Å². The summed E-state index contributed by atoms with van der Waals surface area (Å²) in [5, 5.41) is 22.4. The third-order valence-corrected chi connectivity index (χ3v) is 8.78. The standard InChI is InChI=1S/C29H36N2O7/c1-16-7-19-8-18(3-4-23(19)29(35)38-16)26(32)11-30-9-20-13-36-14-21(10-30)31(20)12-27(33)22-5-6-24-25(17(22)2)15-37-28(24)34/h4-6,8,16,18,20-21,26-27,32-33H,3,7,9-15H2,1-2H3/t16-,18?,20?,21?,26?,27+/m1/s1. The first kappa shape index (κ1) is 25.7. The largest absolute Gasteiger partial charge is 0.459 e. The summed E-state index contributed by atoms with van der Waals surface area (Å²) in [5.74, 6) is -0.585. The number of fused-ring (bicyclic) bond motifs is 4. The minimum absolute atomic E-state index is 0.0264. The van der Waals surface area contributed by atoms with E-state index in [0.29, 0.717) is 50.3 Å². The topological polar surface area (TPSA) is 109 Å². The van der Waals surface area contributed by atoms with E-state index in [2.05, 4.69) is 15.9 Å². The number of β-amino-alcohol motifs (C(OH)–C–C–N with tert-alkyl or cyclic N) is 1. The van der Waals surface area contributed by atoms with E-state index < -0.39 is 12.2 Å². The number of piperazine rings is 1. The van der Waals surface area contributed by atoms with Crippen molar-refractivity contribution in [1.82, 2.24) is 9.80 Å². The average molecular weight is 525 g/mol. The highest BCUT2D eigenvalue weighted by atomic mass is 16.5. The maximum Gasteiger partial charge on any atom is 0.338 e. The van der Waals surface area contributed by atoms with Gasteiger partial charge in [-0.1, -0.05) is 18.2 Å². The van der Waals surface area contributed by atoms with Gasteiger partial charge in [0.25, 0.3) is 0 Å². The highest BCUT2D eigenvalue weighted by molar-refractivity contribution is 5.95. The summed E-state index contributed by atoms with van der Waals surface area (Å²) in [6.07, 6.45) is 3.95. The molecule has 6 atom stereocenters. The fourth-order valence-corrected chi connectivity index (χ4v) is 6.75. The molecule has 38 heavy (non-hydrogen) atoms. The third kappa shape index (κ3) is 4.71. The van der Waals surface area contributed by atoms with Crippen molar-refractivity contribution in [2.45, 2.75) is 63.7 Å². The quantitative estimate of drug-likeness (QED) is 0.537. The zero-order valence-electron chi connectivity index (χ0n) is 22.0. The van der Waals surface area contributed by atoms with E-state index in [1.54, 1.807) is 6.07 Å². The lowest BCUT2D eigenvalue weighted by atomic mass is 9.83. The number of hydrogen-bond donors (Lipinski definition) is 2. The van der Waals surface area contributed by atoms with E-state index in [4.69, 9.17) is 14.2 Å². The molecule has 9 nitrogen and oxygen atoms in total. The summed E-state index contributed by atoms with van der Waals surface area (Å²) in [6, 6.07) is 3.84. The van der Waals surface area contributed by atoms with Crippen LogP contribution in [0.4, 0.5) is 0 Å². The molecule has 204 valence electrons. The Labute approximate surface area is 222 Å². The van der Waals surface area contributed by atoms with Crippen LogP contribution in [0.1, 0.15) is 52.9 Å². The van der Waals surface area contributed by atoms with Crippen LogP contribution in [-0.2, 0) is 25.6 Å². The molecular formula is C29H36N2O7. The van der Waals surface area contributed by atoms with Gasteiger partial charge in [0.1, 0.15) is 12.7 Å². The van der Waals surface area contributed by atoms with Gasteiger partial charge in [0.05, 0.1) is 36.6 Å². The van der Waals surface area contributed by atoms with E-state index in [1.807, 2.05) is 26.0 Å². The number of cyclic esters (lactones) is 2. The normalized spacial score (nSPS) is 30.9. The highest BCUT2D eigenvalue weighted by Crippen LogP contribution is 2.34. The van der Waals surface area contributed by atoms with Crippen molar-refractivity contribution in [2.75, 3.05) is 39.4 Å². The maximum absolute atomic E-state index is 12.2. The van der Waals surface area contributed by atoms with Crippen molar-refractivity contribution in [2.24, 2.45) is 5.92 Å². The summed E-state index contributed by atoms with van der Waals surface area (Å²) in [5.41, 5.74) is 4.86. The summed E-state index contributed by atoms with van der Waals surface area (Å²) >= 11 is 0. The number of aliphatic hydroxyl groups excluding tert-OH is 2. The summed E-state index contributed by atoms with van der Waals surface area (Å²) in [7, 11) is 0.